The van der Waals surface area contributed by atoms with Crippen molar-refractivity contribution in [2.24, 2.45) is 5.84 Å². The van der Waals surface area contributed by atoms with Gasteiger partial charge in [0.2, 0.25) is 5.16 Å². The molecule has 0 radical (unpaired) electrons. The molecule has 9 heteroatoms. The first kappa shape index (κ1) is 10.6. The van der Waals surface area contributed by atoms with Gasteiger partial charge in [0.25, 0.3) is 5.95 Å². The fourth-order valence-corrected chi connectivity index (χ4v) is 1.35. The van der Waals surface area contributed by atoms with Crippen LogP contribution in [0.4, 0.5) is 5.95 Å². The molecule has 1 aromatic rings. The van der Waals surface area contributed by atoms with Gasteiger partial charge in [-0.15, -0.1) is 10.2 Å². The van der Waals surface area contributed by atoms with Crippen LogP contribution in [0, 0.1) is 0 Å². The van der Waals surface area contributed by atoms with Gasteiger partial charge < -0.3 is 10.6 Å². The number of anilines is 1. The van der Waals surface area contributed by atoms with Gasteiger partial charge in [-0.2, -0.15) is 0 Å². The van der Waals surface area contributed by atoms with E-state index in [4.69, 9.17) is 11.7 Å². The van der Waals surface area contributed by atoms with Crippen LogP contribution in [-0.2, 0) is 9.53 Å². The molecule has 0 bridgehead atoms. The molecular weight excluding hydrogens is 208 g/mol. The van der Waals surface area contributed by atoms with E-state index in [-0.39, 0.29) is 17.7 Å². The topological polar surface area (TPSA) is 121 Å². The highest BCUT2D eigenvalue weighted by molar-refractivity contribution is 7.99. The Morgan fingerprint density at radius 2 is 2.43 bits per heavy atom. The Balaban J connectivity index is 2.59. The largest absolute Gasteiger partial charge is 0.468 e. The zero-order valence-electron chi connectivity index (χ0n) is 7.43. The summed E-state index contributed by atoms with van der Waals surface area (Å²) in [6.07, 6.45) is 0. The molecule has 0 aliphatic carbocycles. The Bertz CT molecular complexity index is 326. The second kappa shape index (κ2) is 4.67. The zero-order valence-corrected chi connectivity index (χ0v) is 8.24. The summed E-state index contributed by atoms with van der Waals surface area (Å²) in [5, 5.41) is 7.69. The average Bonchev–Trinajstić information content (AvgIpc) is 2.56. The summed E-state index contributed by atoms with van der Waals surface area (Å²) in [5.41, 5.74) is 2.25. The molecule has 14 heavy (non-hydrogen) atoms. The number of nitrogen functional groups attached to an aromatic ring is 2. The van der Waals surface area contributed by atoms with Crippen LogP contribution in [-0.4, -0.2) is 33.7 Å². The highest BCUT2D eigenvalue weighted by Gasteiger charge is 2.10. The number of nitrogens with two attached hydrogens (primary N) is 2. The third-order valence-corrected chi connectivity index (χ3v) is 2.26. The van der Waals surface area contributed by atoms with Gasteiger partial charge in [0.1, 0.15) is 0 Å². The fraction of sp³-hybridized carbons (Fsp3) is 0.400. The smallest absolute Gasteiger partial charge is 0.316 e. The molecule has 1 aromatic heterocycles. The molecule has 8 nitrogen and oxygen atoms in total. The first-order valence-electron chi connectivity index (χ1n) is 3.55. The molecule has 1 heterocycles. The standard InChI is InChI=1S/C5H10N6O2S/c1-13-3(12)2-14-5-10-9-4(8-6)11(5)7/h2,6-7H2,1H3,(H,8,9). The monoisotopic (exact) mass is 218 g/mol. The van der Waals surface area contributed by atoms with Crippen LogP contribution in [0.15, 0.2) is 5.16 Å². The maximum Gasteiger partial charge on any atom is 0.316 e. The van der Waals surface area contributed by atoms with Gasteiger partial charge in [-0.1, -0.05) is 11.8 Å². The van der Waals surface area contributed by atoms with Crippen LogP contribution in [0.1, 0.15) is 0 Å². The lowest BCUT2D eigenvalue weighted by Crippen LogP contribution is -2.19. The fourth-order valence-electron chi connectivity index (χ4n) is 0.656. The third kappa shape index (κ3) is 2.26. The van der Waals surface area contributed by atoms with Gasteiger partial charge in [0, 0.05) is 0 Å². The van der Waals surface area contributed by atoms with E-state index in [2.05, 4.69) is 20.4 Å². The summed E-state index contributed by atoms with van der Waals surface area (Å²) in [6, 6.07) is 0. The van der Waals surface area contributed by atoms with Crippen LogP contribution >= 0.6 is 11.8 Å². The maximum atomic E-state index is 10.8. The van der Waals surface area contributed by atoms with Crippen LogP contribution in [0.5, 0.6) is 0 Å². The first-order valence-corrected chi connectivity index (χ1v) is 4.54. The second-order valence-electron chi connectivity index (χ2n) is 2.19. The molecule has 0 amide bonds. The average molecular weight is 218 g/mol. The molecule has 0 spiro atoms. The van der Waals surface area contributed by atoms with Crippen LogP contribution < -0.4 is 17.1 Å². The van der Waals surface area contributed by atoms with Crippen molar-refractivity contribution in [2.75, 3.05) is 24.1 Å². The molecule has 0 aliphatic rings. The quantitative estimate of drug-likeness (QED) is 0.243. The van der Waals surface area contributed by atoms with Crippen molar-refractivity contribution in [3.8, 4) is 0 Å². The summed E-state index contributed by atoms with van der Waals surface area (Å²) in [4.78, 5) is 10.8. The van der Waals surface area contributed by atoms with Gasteiger partial charge in [0.05, 0.1) is 12.9 Å². The molecular formula is C5H10N6O2S. The van der Waals surface area contributed by atoms with E-state index in [9.17, 15) is 4.79 Å². The molecule has 0 saturated carbocycles. The number of hydrogen-bond donors (Lipinski definition) is 3. The number of carbonyl (C=O) groups is 1. The van der Waals surface area contributed by atoms with E-state index in [1.54, 1.807) is 0 Å². The van der Waals surface area contributed by atoms with Crippen LogP contribution in [0.2, 0.25) is 0 Å². The summed E-state index contributed by atoms with van der Waals surface area (Å²) < 4.78 is 5.59. The summed E-state index contributed by atoms with van der Waals surface area (Å²) >= 11 is 1.11. The number of methoxy groups -OCH3 is 1. The van der Waals surface area contributed by atoms with Crippen molar-refractivity contribution in [1.29, 1.82) is 0 Å². The lowest BCUT2D eigenvalue weighted by molar-refractivity contribution is -0.137. The Morgan fingerprint density at radius 3 is 2.93 bits per heavy atom. The Morgan fingerprint density at radius 1 is 1.71 bits per heavy atom. The van der Waals surface area contributed by atoms with Crippen molar-refractivity contribution in [1.82, 2.24) is 14.9 Å². The second-order valence-corrected chi connectivity index (χ2v) is 3.13. The lowest BCUT2D eigenvalue weighted by atomic mass is 10.8. The van der Waals surface area contributed by atoms with Crippen molar-refractivity contribution in [3.05, 3.63) is 0 Å². The van der Waals surface area contributed by atoms with E-state index in [0.29, 0.717) is 5.16 Å². The molecule has 0 unspecified atom stereocenters. The Hall–Kier alpha value is -1.48. The molecule has 5 N–H and O–H groups in total. The number of thioether (sulfide) groups is 1. The Labute approximate surface area is 83.9 Å². The zero-order chi connectivity index (χ0) is 10.6. The van der Waals surface area contributed by atoms with Gasteiger partial charge in [-0.3, -0.25) is 10.2 Å². The number of esters is 1. The minimum atomic E-state index is -0.361. The number of carbonyl (C=O) groups excluding carboxylic acids is 1. The van der Waals surface area contributed by atoms with E-state index in [0.717, 1.165) is 16.4 Å². The number of hydrogen-bond acceptors (Lipinski definition) is 8. The minimum absolute atomic E-state index is 0.121. The van der Waals surface area contributed by atoms with Gasteiger partial charge >= 0.3 is 5.97 Å². The third-order valence-electron chi connectivity index (χ3n) is 1.34. The SMILES string of the molecule is COC(=O)CSc1nnc(NN)n1N. The van der Waals surface area contributed by atoms with Crippen LogP contribution in [0.25, 0.3) is 0 Å². The molecule has 78 valence electrons. The molecule has 0 saturated heterocycles. The minimum Gasteiger partial charge on any atom is -0.468 e. The molecule has 0 fully saturated rings. The summed E-state index contributed by atoms with van der Waals surface area (Å²) in [6.45, 7) is 0. The molecule has 0 aliphatic heterocycles. The van der Waals surface area contributed by atoms with Crippen molar-refractivity contribution in [3.63, 3.8) is 0 Å². The predicted octanol–water partition coefficient (Wildman–Crippen LogP) is -1.46. The van der Waals surface area contributed by atoms with Gasteiger partial charge in [-0.05, 0) is 0 Å². The molecule has 0 aromatic carbocycles. The van der Waals surface area contributed by atoms with Crippen molar-refractivity contribution < 1.29 is 9.53 Å². The number of hydrazine groups is 1. The first-order chi connectivity index (χ1) is 6.69. The normalized spacial score (nSPS) is 9.86. The highest BCUT2D eigenvalue weighted by Crippen LogP contribution is 2.15. The predicted molar refractivity (Wildman–Crippen MR) is 50.7 cm³/mol. The highest BCUT2D eigenvalue weighted by atomic mass is 32.2. The number of rotatable bonds is 4. The number of nitrogens with zero attached hydrogens (tertiary/aromatic N) is 3. The maximum absolute atomic E-state index is 10.8. The van der Waals surface area contributed by atoms with E-state index >= 15 is 0 Å². The van der Waals surface area contributed by atoms with Crippen molar-refractivity contribution in [2.45, 2.75) is 5.16 Å². The molecule has 0 atom stereocenters. The molecule has 1 rings (SSSR count). The summed E-state index contributed by atoms with van der Waals surface area (Å²) in [7, 11) is 1.31. The number of aromatic nitrogens is 3. The van der Waals surface area contributed by atoms with Crippen LogP contribution in [0.3, 0.4) is 0 Å². The van der Waals surface area contributed by atoms with E-state index in [1.807, 2.05) is 0 Å². The van der Waals surface area contributed by atoms with Gasteiger partial charge in [-0.25, -0.2) is 10.5 Å². The lowest BCUT2D eigenvalue weighted by Gasteiger charge is -2.01. The van der Waals surface area contributed by atoms with Gasteiger partial charge in [0.15, 0.2) is 0 Å². The summed E-state index contributed by atoms with van der Waals surface area (Å²) in [5.74, 6) is 10.6. The van der Waals surface area contributed by atoms with E-state index in [1.165, 1.54) is 7.11 Å². The van der Waals surface area contributed by atoms with E-state index < -0.39 is 0 Å². The number of nitrogens with one attached hydrogen (secondary N) is 1. The van der Waals surface area contributed by atoms with Crippen molar-refractivity contribution >= 4 is 23.7 Å². The Kier molecular flexibility index (Phi) is 3.54. The number of ether oxygens (including phenoxy) is 1.